The summed E-state index contributed by atoms with van der Waals surface area (Å²) in [6, 6.07) is 21.9. The molecule has 5 rings (SSSR count). The lowest BCUT2D eigenvalue weighted by atomic mass is 9.89. The number of sulfonamides is 1. The van der Waals surface area contributed by atoms with Crippen molar-refractivity contribution in [1.29, 1.82) is 5.26 Å². The summed E-state index contributed by atoms with van der Waals surface area (Å²) in [7, 11) is -4.08. The topological polar surface area (TPSA) is 109 Å². The molecule has 3 heterocycles. The zero-order valence-corrected chi connectivity index (χ0v) is 17.7. The maximum atomic E-state index is 14.1. The van der Waals surface area contributed by atoms with Crippen molar-refractivity contribution in [3.63, 3.8) is 0 Å². The lowest BCUT2D eigenvalue weighted by molar-refractivity contribution is 0.357. The summed E-state index contributed by atoms with van der Waals surface area (Å²) in [4.78, 5) is 4.12. The number of ether oxygens (including phenoxy) is 1. The number of hydrogen-bond acceptors (Lipinski definition) is 6. The number of benzene rings is 2. The molecular formula is C24H18N4O3S. The first-order valence-corrected chi connectivity index (χ1v) is 11.3. The number of nitrogens with zero attached hydrogens (tertiary/aromatic N) is 3. The van der Waals surface area contributed by atoms with Crippen LogP contribution in [0, 0.1) is 11.3 Å². The molecule has 2 aliphatic rings. The van der Waals surface area contributed by atoms with Gasteiger partial charge in [0.05, 0.1) is 18.2 Å². The van der Waals surface area contributed by atoms with Crippen molar-refractivity contribution in [2.45, 2.75) is 12.5 Å². The molecule has 1 unspecified atom stereocenters. The van der Waals surface area contributed by atoms with Crippen LogP contribution in [0.1, 0.15) is 22.6 Å². The summed E-state index contributed by atoms with van der Waals surface area (Å²) >= 11 is 0. The fraction of sp³-hybridized carbons (Fsp3) is 0.0833. The SMILES string of the molecule is N#CC1=C(N)OC2=C(C1c1cccnc1)S(=O)(=O)N(Cc1ccccc1)c1ccccc12. The second-order valence-corrected chi connectivity index (χ2v) is 9.25. The van der Waals surface area contributed by atoms with Crippen LogP contribution in [0.4, 0.5) is 5.69 Å². The van der Waals surface area contributed by atoms with Gasteiger partial charge in [-0.05, 0) is 29.3 Å². The van der Waals surface area contributed by atoms with Crippen LogP contribution in [0.25, 0.3) is 5.76 Å². The number of para-hydroxylation sites is 1. The molecular weight excluding hydrogens is 424 g/mol. The Morgan fingerprint density at radius 1 is 1.06 bits per heavy atom. The van der Waals surface area contributed by atoms with E-state index in [0.29, 0.717) is 16.8 Å². The van der Waals surface area contributed by atoms with Crippen molar-refractivity contribution < 1.29 is 13.2 Å². The van der Waals surface area contributed by atoms with Crippen LogP contribution in [0.2, 0.25) is 0 Å². The fourth-order valence-electron chi connectivity index (χ4n) is 4.11. The summed E-state index contributed by atoms with van der Waals surface area (Å²) in [5.41, 5.74) is 8.61. The molecule has 7 nitrogen and oxygen atoms in total. The number of nitrogens with two attached hydrogens (primary N) is 1. The zero-order chi connectivity index (χ0) is 22.3. The van der Waals surface area contributed by atoms with Crippen LogP contribution in [0.3, 0.4) is 0 Å². The van der Waals surface area contributed by atoms with Crippen molar-refractivity contribution in [1.82, 2.24) is 4.98 Å². The van der Waals surface area contributed by atoms with E-state index >= 15 is 0 Å². The number of hydrogen-bond donors (Lipinski definition) is 1. The third-order valence-electron chi connectivity index (χ3n) is 5.54. The Hall–Kier alpha value is -4.09. The molecule has 32 heavy (non-hydrogen) atoms. The van der Waals surface area contributed by atoms with E-state index in [1.807, 2.05) is 42.5 Å². The van der Waals surface area contributed by atoms with E-state index < -0.39 is 15.9 Å². The lowest BCUT2D eigenvalue weighted by Crippen LogP contribution is -2.39. The molecule has 0 amide bonds. The Kier molecular flexibility index (Phi) is 4.68. The van der Waals surface area contributed by atoms with Crippen molar-refractivity contribution >= 4 is 21.5 Å². The van der Waals surface area contributed by atoms with Gasteiger partial charge in [0.25, 0.3) is 10.0 Å². The van der Waals surface area contributed by atoms with Gasteiger partial charge in [-0.15, -0.1) is 0 Å². The minimum atomic E-state index is -4.08. The molecule has 2 N–H and O–H groups in total. The van der Waals surface area contributed by atoms with Gasteiger partial charge in [-0.2, -0.15) is 5.26 Å². The normalized spacial score (nSPS) is 19.0. The zero-order valence-electron chi connectivity index (χ0n) is 16.8. The Balaban J connectivity index is 1.77. The quantitative estimate of drug-likeness (QED) is 0.664. The minimum Gasteiger partial charge on any atom is -0.439 e. The number of nitriles is 1. The van der Waals surface area contributed by atoms with Gasteiger partial charge in [0.15, 0.2) is 5.76 Å². The Bertz CT molecular complexity index is 1410. The number of rotatable bonds is 3. The molecule has 3 aromatic rings. The third kappa shape index (κ3) is 3.02. The van der Waals surface area contributed by atoms with Crippen LogP contribution >= 0.6 is 0 Å². The molecule has 1 aromatic heterocycles. The number of pyridine rings is 1. The summed E-state index contributed by atoms with van der Waals surface area (Å²) in [5, 5.41) is 9.83. The minimum absolute atomic E-state index is 0.00844. The van der Waals surface area contributed by atoms with Gasteiger partial charge < -0.3 is 10.5 Å². The maximum Gasteiger partial charge on any atom is 0.265 e. The van der Waals surface area contributed by atoms with Crippen LogP contribution in [0.5, 0.6) is 0 Å². The summed E-state index contributed by atoms with van der Waals surface area (Å²) in [6.07, 6.45) is 3.13. The molecule has 0 fully saturated rings. The van der Waals surface area contributed by atoms with E-state index in [-0.39, 0.29) is 28.7 Å². The highest BCUT2D eigenvalue weighted by Crippen LogP contribution is 2.51. The van der Waals surface area contributed by atoms with Gasteiger partial charge in [0, 0.05) is 18.0 Å². The van der Waals surface area contributed by atoms with Crippen LogP contribution in [0.15, 0.2) is 95.5 Å². The van der Waals surface area contributed by atoms with Gasteiger partial charge in [0.2, 0.25) is 5.88 Å². The van der Waals surface area contributed by atoms with Gasteiger partial charge >= 0.3 is 0 Å². The standard InChI is InChI=1S/C24H18N4O3S/c25-13-19-21(17-9-6-12-27-14-17)23-22(31-24(19)26)18-10-4-5-11-20(18)28(32(23,29)30)15-16-7-2-1-3-8-16/h1-12,14,21H,15,26H2. The van der Waals surface area contributed by atoms with Gasteiger partial charge in [-0.1, -0.05) is 48.5 Å². The molecule has 0 bridgehead atoms. The number of fused-ring (bicyclic) bond motifs is 2. The van der Waals surface area contributed by atoms with E-state index in [1.165, 1.54) is 4.31 Å². The first-order chi connectivity index (χ1) is 15.5. The van der Waals surface area contributed by atoms with E-state index in [9.17, 15) is 13.7 Å². The molecule has 0 radical (unpaired) electrons. The lowest BCUT2D eigenvalue weighted by Gasteiger charge is -2.38. The molecule has 2 aromatic carbocycles. The molecule has 8 heteroatoms. The van der Waals surface area contributed by atoms with Crippen molar-refractivity contribution in [2.24, 2.45) is 5.73 Å². The molecule has 1 atom stereocenters. The number of allylic oxidation sites excluding steroid dienone is 2. The molecule has 0 spiro atoms. The third-order valence-corrected chi connectivity index (χ3v) is 7.43. The molecule has 0 saturated carbocycles. The van der Waals surface area contributed by atoms with Crippen molar-refractivity contribution in [3.05, 3.63) is 112 Å². The predicted molar refractivity (Wildman–Crippen MR) is 120 cm³/mol. The highest BCUT2D eigenvalue weighted by atomic mass is 32.2. The average molecular weight is 443 g/mol. The average Bonchev–Trinajstić information content (AvgIpc) is 2.82. The summed E-state index contributed by atoms with van der Waals surface area (Å²) in [6.45, 7) is 0.137. The first-order valence-electron chi connectivity index (χ1n) is 9.90. The van der Waals surface area contributed by atoms with Crippen LogP contribution in [-0.2, 0) is 21.3 Å². The Morgan fingerprint density at radius 2 is 1.81 bits per heavy atom. The molecule has 2 aliphatic heterocycles. The Labute approximate surface area is 185 Å². The smallest absolute Gasteiger partial charge is 0.265 e. The molecule has 158 valence electrons. The highest BCUT2D eigenvalue weighted by Gasteiger charge is 2.47. The first kappa shape index (κ1) is 19.8. The maximum absolute atomic E-state index is 14.1. The fourth-order valence-corrected chi connectivity index (χ4v) is 6.02. The highest BCUT2D eigenvalue weighted by molar-refractivity contribution is 7.96. The summed E-state index contributed by atoms with van der Waals surface area (Å²) < 4.78 is 35.3. The van der Waals surface area contributed by atoms with Gasteiger partial charge in [0.1, 0.15) is 16.5 Å². The van der Waals surface area contributed by atoms with Crippen molar-refractivity contribution in [2.75, 3.05) is 4.31 Å². The monoisotopic (exact) mass is 442 g/mol. The van der Waals surface area contributed by atoms with E-state index in [2.05, 4.69) is 4.98 Å². The largest absolute Gasteiger partial charge is 0.439 e. The van der Waals surface area contributed by atoms with Gasteiger partial charge in [-0.25, -0.2) is 8.42 Å². The second-order valence-electron chi connectivity index (χ2n) is 7.42. The van der Waals surface area contributed by atoms with Crippen LogP contribution in [-0.4, -0.2) is 13.4 Å². The number of anilines is 1. The molecule has 0 saturated heterocycles. The van der Waals surface area contributed by atoms with E-state index in [0.717, 1.165) is 5.56 Å². The number of aromatic nitrogens is 1. The van der Waals surface area contributed by atoms with Crippen molar-refractivity contribution in [3.8, 4) is 6.07 Å². The van der Waals surface area contributed by atoms with E-state index in [1.54, 1.807) is 42.7 Å². The van der Waals surface area contributed by atoms with E-state index in [4.69, 9.17) is 10.5 Å². The predicted octanol–water partition coefficient (Wildman–Crippen LogP) is 3.61. The van der Waals surface area contributed by atoms with Crippen LogP contribution < -0.4 is 10.0 Å². The summed E-state index contributed by atoms with van der Waals surface area (Å²) in [5.74, 6) is -0.883. The van der Waals surface area contributed by atoms with Gasteiger partial charge in [-0.3, -0.25) is 9.29 Å². The Morgan fingerprint density at radius 3 is 2.53 bits per heavy atom. The molecule has 0 aliphatic carbocycles. The second kappa shape index (κ2) is 7.55.